The quantitative estimate of drug-likeness (QED) is 0.667. The van der Waals surface area contributed by atoms with E-state index in [0.717, 1.165) is 39.2 Å². The lowest BCUT2D eigenvalue weighted by Gasteiger charge is -2.21. The molecular weight excluding hydrogens is 330 g/mol. The van der Waals surface area contributed by atoms with Crippen molar-refractivity contribution in [3.05, 3.63) is 60.9 Å². The molecule has 1 aromatic carbocycles. The molecule has 0 spiro atoms. The summed E-state index contributed by atoms with van der Waals surface area (Å²) in [4.78, 5) is 8.30. The van der Waals surface area contributed by atoms with Gasteiger partial charge >= 0.3 is 0 Å². The number of hydrogen-bond donors (Lipinski definition) is 0. The Morgan fingerprint density at radius 2 is 1.88 bits per heavy atom. The largest absolute Gasteiger partial charge is 0.378 e. The molecule has 0 saturated carbocycles. The highest BCUT2D eigenvalue weighted by atomic mass is 32.1. The number of aromatic nitrogens is 3. The summed E-state index contributed by atoms with van der Waals surface area (Å²) < 4.78 is 0. The van der Waals surface area contributed by atoms with Gasteiger partial charge in [0.25, 0.3) is 0 Å². The minimum absolute atomic E-state index is 0.766. The Balaban J connectivity index is 1.85. The van der Waals surface area contributed by atoms with Crippen LogP contribution in [-0.2, 0) is 0 Å². The number of benzene rings is 1. The standard InChI is InChI=1S/C19H21N5S/c1-5-24(14(2)16-7-6-12-20-13-16)19-22-21-18(25-19)15-8-10-17(11-9-15)23(3)4/h6-13H,2,5H2,1,3-4H3. The van der Waals surface area contributed by atoms with Crippen LogP contribution in [0.15, 0.2) is 55.4 Å². The number of nitrogens with zero attached hydrogens (tertiary/aromatic N) is 5. The average Bonchev–Trinajstić information content (AvgIpc) is 3.13. The summed E-state index contributed by atoms with van der Waals surface area (Å²) in [7, 11) is 4.06. The van der Waals surface area contributed by atoms with Crippen LogP contribution in [0.5, 0.6) is 0 Å². The zero-order valence-corrected chi connectivity index (χ0v) is 15.5. The van der Waals surface area contributed by atoms with Crippen molar-refractivity contribution in [2.75, 3.05) is 30.4 Å². The van der Waals surface area contributed by atoms with E-state index in [1.54, 1.807) is 17.5 Å². The van der Waals surface area contributed by atoms with Crippen LogP contribution in [0.4, 0.5) is 10.8 Å². The molecule has 0 radical (unpaired) electrons. The third kappa shape index (κ3) is 3.69. The number of anilines is 2. The fraction of sp³-hybridized carbons (Fsp3) is 0.211. The van der Waals surface area contributed by atoms with Gasteiger partial charge in [0.15, 0.2) is 0 Å². The third-order valence-corrected chi connectivity index (χ3v) is 4.91. The molecule has 0 N–H and O–H groups in total. The van der Waals surface area contributed by atoms with E-state index in [2.05, 4.69) is 62.7 Å². The van der Waals surface area contributed by atoms with Crippen LogP contribution < -0.4 is 9.80 Å². The van der Waals surface area contributed by atoms with Crippen LogP contribution in [0.3, 0.4) is 0 Å². The Morgan fingerprint density at radius 3 is 2.48 bits per heavy atom. The second-order valence-corrected chi connectivity index (χ2v) is 6.72. The first-order chi connectivity index (χ1) is 12.1. The molecule has 0 fully saturated rings. The molecule has 0 bridgehead atoms. The molecule has 0 aliphatic heterocycles. The molecule has 6 heteroatoms. The topological polar surface area (TPSA) is 45.2 Å². The maximum absolute atomic E-state index is 4.37. The highest BCUT2D eigenvalue weighted by molar-refractivity contribution is 7.18. The Hall–Kier alpha value is -2.73. The van der Waals surface area contributed by atoms with E-state index in [-0.39, 0.29) is 0 Å². The maximum atomic E-state index is 4.37. The van der Waals surface area contributed by atoms with Crippen molar-refractivity contribution in [2.45, 2.75) is 6.92 Å². The van der Waals surface area contributed by atoms with Gasteiger partial charge in [0.05, 0.1) is 0 Å². The van der Waals surface area contributed by atoms with E-state index >= 15 is 0 Å². The summed E-state index contributed by atoms with van der Waals surface area (Å²) in [6, 6.07) is 12.2. The number of rotatable bonds is 6. The zero-order valence-electron chi connectivity index (χ0n) is 14.7. The molecule has 3 rings (SSSR count). The molecule has 25 heavy (non-hydrogen) atoms. The lowest BCUT2D eigenvalue weighted by Crippen LogP contribution is -2.20. The van der Waals surface area contributed by atoms with Crippen LogP contribution in [0.1, 0.15) is 12.5 Å². The summed E-state index contributed by atoms with van der Waals surface area (Å²) in [6.07, 6.45) is 3.57. The molecule has 0 amide bonds. The van der Waals surface area contributed by atoms with E-state index in [1.807, 2.05) is 32.4 Å². The third-order valence-electron chi connectivity index (χ3n) is 3.91. The molecule has 0 aliphatic rings. The smallest absolute Gasteiger partial charge is 0.213 e. The minimum Gasteiger partial charge on any atom is -0.378 e. The van der Waals surface area contributed by atoms with Gasteiger partial charge in [0.2, 0.25) is 5.13 Å². The lowest BCUT2D eigenvalue weighted by atomic mass is 10.2. The molecule has 3 aromatic rings. The zero-order chi connectivity index (χ0) is 17.8. The summed E-state index contributed by atoms with van der Waals surface area (Å²) in [5.41, 5.74) is 4.09. The van der Waals surface area contributed by atoms with Gasteiger partial charge in [-0.15, -0.1) is 10.2 Å². The Kier molecular flexibility index (Phi) is 5.09. The monoisotopic (exact) mass is 351 g/mol. The van der Waals surface area contributed by atoms with Crippen LogP contribution in [-0.4, -0.2) is 35.8 Å². The highest BCUT2D eigenvalue weighted by Gasteiger charge is 2.16. The molecule has 0 unspecified atom stereocenters. The number of pyridine rings is 1. The Labute approximate surface area is 152 Å². The average molecular weight is 351 g/mol. The minimum atomic E-state index is 0.766. The van der Waals surface area contributed by atoms with Gasteiger partial charge in [-0.25, -0.2) is 0 Å². The normalized spacial score (nSPS) is 10.5. The summed E-state index contributed by atoms with van der Waals surface area (Å²) in [5, 5.41) is 10.5. The van der Waals surface area contributed by atoms with E-state index in [1.165, 1.54) is 0 Å². The molecule has 128 valence electrons. The summed E-state index contributed by atoms with van der Waals surface area (Å²) >= 11 is 1.56. The SMILES string of the molecule is C=C(c1cccnc1)N(CC)c1nnc(-c2ccc(N(C)C)cc2)s1. The fourth-order valence-electron chi connectivity index (χ4n) is 2.47. The predicted octanol–water partition coefficient (Wildman–Crippen LogP) is 4.16. The van der Waals surface area contributed by atoms with Crippen LogP contribution in [0.2, 0.25) is 0 Å². The highest BCUT2D eigenvalue weighted by Crippen LogP contribution is 2.32. The van der Waals surface area contributed by atoms with Gasteiger partial charge in [0.1, 0.15) is 5.01 Å². The Morgan fingerprint density at radius 1 is 1.12 bits per heavy atom. The van der Waals surface area contributed by atoms with Gasteiger partial charge in [0, 0.05) is 55.5 Å². The molecular formula is C19H21N5S. The molecule has 5 nitrogen and oxygen atoms in total. The molecule has 0 atom stereocenters. The van der Waals surface area contributed by atoms with E-state index < -0.39 is 0 Å². The van der Waals surface area contributed by atoms with Gasteiger partial charge in [-0.1, -0.05) is 17.9 Å². The second-order valence-electron chi connectivity index (χ2n) is 5.76. The lowest BCUT2D eigenvalue weighted by molar-refractivity contribution is 0.978. The van der Waals surface area contributed by atoms with Crippen molar-refractivity contribution < 1.29 is 0 Å². The van der Waals surface area contributed by atoms with Crippen molar-refractivity contribution in [1.82, 2.24) is 15.2 Å². The van der Waals surface area contributed by atoms with Crippen molar-refractivity contribution in [2.24, 2.45) is 0 Å². The van der Waals surface area contributed by atoms with Gasteiger partial charge in [-0.05, 0) is 43.3 Å². The van der Waals surface area contributed by atoms with Crippen molar-refractivity contribution in [3.63, 3.8) is 0 Å². The Bertz CT molecular complexity index is 840. The van der Waals surface area contributed by atoms with E-state index in [0.29, 0.717) is 0 Å². The van der Waals surface area contributed by atoms with E-state index in [4.69, 9.17) is 0 Å². The van der Waals surface area contributed by atoms with E-state index in [9.17, 15) is 0 Å². The van der Waals surface area contributed by atoms with Crippen LogP contribution >= 0.6 is 11.3 Å². The predicted molar refractivity (Wildman–Crippen MR) is 106 cm³/mol. The van der Waals surface area contributed by atoms with Gasteiger partial charge in [-0.3, -0.25) is 4.98 Å². The molecule has 0 saturated heterocycles. The summed E-state index contributed by atoms with van der Waals surface area (Å²) in [6.45, 7) is 7.05. The van der Waals surface area contributed by atoms with Gasteiger partial charge in [-0.2, -0.15) is 0 Å². The van der Waals surface area contributed by atoms with Gasteiger partial charge < -0.3 is 9.80 Å². The van der Waals surface area contributed by atoms with Crippen molar-refractivity contribution in [3.8, 4) is 10.6 Å². The maximum Gasteiger partial charge on any atom is 0.213 e. The molecule has 0 aliphatic carbocycles. The van der Waals surface area contributed by atoms with Crippen molar-refractivity contribution >= 4 is 27.9 Å². The first-order valence-corrected chi connectivity index (χ1v) is 8.90. The fourth-order valence-corrected chi connectivity index (χ4v) is 3.41. The summed E-state index contributed by atoms with van der Waals surface area (Å²) in [5.74, 6) is 0. The first kappa shape index (κ1) is 17.1. The first-order valence-electron chi connectivity index (χ1n) is 8.08. The molecule has 2 heterocycles. The number of hydrogen-bond acceptors (Lipinski definition) is 6. The second kappa shape index (κ2) is 7.44. The molecule has 2 aromatic heterocycles. The van der Waals surface area contributed by atoms with Crippen LogP contribution in [0, 0.1) is 0 Å². The van der Waals surface area contributed by atoms with Crippen molar-refractivity contribution in [1.29, 1.82) is 0 Å². The van der Waals surface area contributed by atoms with Crippen LogP contribution in [0.25, 0.3) is 16.3 Å².